The van der Waals surface area contributed by atoms with Crippen LogP contribution in [0.15, 0.2) is 12.1 Å². The number of nitrogens with two attached hydrogens (primary N) is 2. The van der Waals surface area contributed by atoms with E-state index in [9.17, 15) is 0 Å². The second-order valence-electron chi connectivity index (χ2n) is 2.28. The van der Waals surface area contributed by atoms with Crippen LogP contribution >= 0.6 is 0 Å². The number of nitrogen functional groups attached to an aromatic ring is 2. The van der Waals surface area contributed by atoms with Crippen LogP contribution < -0.4 is 11.5 Å². The van der Waals surface area contributed by atoms with Gasteiger partial charge in [-0.15, -0.1) is 12.8 Å². The van der Waals surface area contributed by atoms with Gasteiger partial charge in [0.1, 0.15) is 0 Å². The zero-order valence-corrected chi connectivity index (χ0v) is 6.46. The van der Waals surface area contributed by atoms with Gasteiger partial charge in [0.25, 0.3) is 0 Å². The summed E-state index contributed by atoms with van der Waals surface area (Å²) in [6.07, 6.45) is 10.4. The van der Waals surface area contributed by atoms with Crippen molar-refractivity contribution in [2.45, 2.75) is 0 Å². The van der Waals surface area contributed by atoms with Crippen molar-refractivity contribution in [2.75, 3.05) is 11.5 Å². The summed E-state index contributed by atoms with van der Waals surface area (Å²) in [7, 11) is 0. The molecule has 0 spiro atoms. The van der Waals surface area contributed by atoms with E-state index in [4.69, 9.17) is 24.3 Å². The Kier molecular flexibility index (Phi) is 1.94. The molecular formula is C10H8N2. The highest BCUT2D eigenvalue weighted by molar-refractivity contribution is 5.75. The average molecular weight is 156 g/mol. The molecule has 1 rings (SSSR count). The van der Waals surface area contributed by atoms with Gasteiger partial charge in [-0.2, -0.15) is 0 Å². The Hall–Kier alpha value is -2.06. The molecule has 0 aliphatic rings. The fourth-order valence-corrected chi connectivity index (χ4v) is 0.911. The lowest BCUT2D eigenvalue weighted by Gasteiger charge is -2.04. The van der Waals surface area contributed by atoms with Crippen molar-refractivity contribution in [1.29, 1.82) is 0 Å². The number of anilines is 2. The Morgan fingerprint density at radius 1 is 1.08 bits per heavy atom. The summed E-state index contributed by atoms with van der Waals surface area (Å²) < 4.78 is 0. The second-order valence-corrected chi connectivity index (χ2v) is 2.28. The molecule has 0 heterocycles. The van der Waals surface area contributed by atoms with Gasteiger partial charge in [-0.25, -0.2) is 0 Å². The summed E-state index contributed by atoms with van der Waals surface area (Å²) in [5.41, 5.74) is 13.1. The summed E-state index contributed by atoms with van der Waals surface area (Å²) in [4.78, 5) is 0. The predicted octanol–water partition coefficient (Wildman–Crippen LogP) is 0.814. The molecule has 0 aliphatic heterocycles. The van der Waals surface area contributed by atoms with Crippen LogP contribution in [0.4, 0.5) is 11.4 Å². The van der Waals surface area contributed by atoms with Gasteiger partial charge in [-0.3, -0.25) is 0 Å². The largest absolute Gasteiger partial charge is 0.397 e. The van der Waals surface area contributed by atoms with E-state index in [0.717, 1.165) is 0 Å². The lowest BCUT2D eigenvalue weighted by atomic mass is 10.1. The average Bonchev–Trinajstić information content (AvgIpc) is 2.09. The molecular weight excluding hydrogens is 148 g/mol. The van der Waals surface area contributed by atoms with Gasteiger partial charge in [-0.05, 0) is 12.1 Å². The number of rotatable bonds is 0. The Morgan fingerprint density at radius 3 is 2.25 bits per heavy atom. The Labute approximate surface area is 71.6 Å². The molecule has 1 aromatic rings. The highest BCUT2D eigenvalue weighted by Gasteiger charge is 2.04. The fourth-order valence-electron chi connectivity index (χ4n) is 0.911. The van der Waals surface area contributed by atoms with Gasteiger partial charge in [0.2, 0.25) is 0 Å². The van der Waals surface area contributed by atoms with Gasteiger partial charge in [0.15, 0.2) is 0 Å². The molecule has 2 nitrogen and oxygen atoms in total. The van der Waals surface area contributed by atoms with E-state index in [0.29, 0.717) is 22.5 Å². The van der Waals surface area contributed by atoms with E-state index in [1.807, 2.05) is 0 Å². The molecule has 58 valence electrons. The molecule has 0 aromatic heterocycles. The molecule has 0 saturated heterocycles. The maximum atomic E-state index is 5.61. The van der Waals surface area contributed by atoms with Crippen LogP contribution in [0.1, 0.15) is 11.1 Å². The van der Waals surface area contributed by atoms with Gasteiger partial charge < -0.3 is 11.5 Å². The molecule has 12 heavy (non-hydrogen) atoms. The molecule has 0 saturated carbocycles. The SMILES string of the molecule is C#Cc1ccc(N)c(N)c1C#C. The highest BCUT2D eigenvalue weighted by atomic mass is 14.7. The molecule has 0 amide bonds. The van der Waals surface area contributed by atoms with E-state index in [1.165, 1.54) is 0 Å². The zero-order valence-electron chi connectivity index (χ0n) is 6.46. The van der Waals surface area contributed by atoms with Crippen molar-refractivity contribution >= 4 is 11.4 Å². The van der Waals surface area contributed by atoms with E-state index in [2.05, 4.69) is 11.8 Å². The molecule has 2 heteroatoms. The molecule has 0 bridgehead atoms. The van der Waals surface area contributed by atoms with Crippen molar-refractivity contribution in [3.8, 4) is 24.7 Å². The topological polar surface area (TPSA) is 52.0 Å². The minimum atomic E-state index is 0.382. The van der Waals surface area contributed by atoms with Crippen LogP contribution in [0.3, 0.4) is 0 Å². The van der Waals surface area contributed by atoms with Crippen molar-refractivity contribution in [2.24, 2.45) is 0 Å². The Bertz CT molecular complexity index is 392. The predicted molar refractivity (Wildman–Crippen MR) is 51.1 cm³/mol. The van der Waals surface area contributed by atoms with Crippen LogP contribution in [0.5, 0.6) is 0 Å². The second kappa shape index (κ2) is 2.90. The lowest BCUT2D eigenvalue weighted by Crippen LogP contribution is -1.99. The van der Waals surface area contributed by atoms with E-state index in [1.54, 1.807) is 12.1 Å². The summed E-state index contributed by atoms with van der Waals surface area (Å²) in [5.74, 6) is 4.84. The van der Waals surface area contributed by atoms with Crippen LogP contribution in [-0.4, -0.2) is 0 Å². The first kappa shape index (κ1) is 8.04. The fraction of sp³-hybridized carbons (Fsp3) is 0. The molecule has 4 N–H and O–H groups in total. The lowest BCUT2D eigenvalue weighted by molar-refractivity contribution is 1.57. The number of hydrogen-bond donors (Lipinski definition) is 2. The summed E-state index contributed by atoms with van der Waals surface area (Å²) in [6, 6.07) is 3.33. The van der Waals surface area contributed by atoms with Crippen molar-refractivity contribution < 1.29 is 0 Å². The standard InChI is InChI=1S/C10H8N2/c1-3-7-5-6-9(11)10(12)8(7)4-2/h1-2,5-6H,11-12H2. The number of benzene rings is 1. The van der Waals surface area contributed by atoms with Crippen molar-refractivity contribution in [3.05, 3.63) is 23.3 Å². The molecule has 0 unspecified atom stereocenters. The quantitative estimate of drug-likeness (QED) is 0.431. The minimum absolute atomic E-state index is 0.382. The monoisotopic (exact) mass is 156 g/mol. The summed E-state index contributed by atoms with van der Waals surface area (Å²) in [6.45, 7) is 0. The van der Waals surface area contributed by atoms with Crippen molar-refractivity contribution in [3.63, 3.8) is 0 Å². The van der Waals surface area contributed by atoms with E-state index >= 15 is 0 Å². The summed E-state index contributed by atoms with van der Waals surface area (Å²) in [5, 5.41) is 0. The van der Waals surface area contributed by atoms with Gasteiger partial charge >= 0.3 is 0 Å². The number of terminal acetylenes is 2. The van der Waals surface area contributed by atoms with E-state index in [-0.39, 0.29) is 0 Å². The Morgan fingerprint density at radius 2 is 1.75 bits per heavy atom. The first-order chi connectivity index (χ1) is 5.70. The minimum Gasteiger partial charge on any atom is -0.397 e. The first-order valence-corrected chi connectivity index (χ1v) is 3.32. The molecule has 1 aromatic carbocycles. The third-order valence-corrected chi connectivity index (χ3v) is 1.58. The van der Waals surface area contributed by atoms with Crippen LogP contribution in [-0.2, 0) is 0 Å². The summed E-state index contributed by atoms with van der Waals surface area (Å²) >= 11 is 0. The van der Waals surface area contributed by atoms with Gasteiger partial charge in [-0.1, -0.05) is 11.8 Å². The first-order valence-electron chi connectivity index (χ1n) is 3.32. The smallest absolute Gasteiger partial charge is 0.0719 e. The van der Waals surface area contributed by atoms with Gasteiger partial charge in [0, 0.05) is 5.56 Å². The molecule has 0 radical (unpaired) electrons. The third-order valence-electron chi connectivity index (χ3n) is 1.58. The van der Waals surface area contributed by atoms with Gasteiger partial charge in [0.05, 0.1) is 16.9 Å². The van der Waals surface area contributed by atoms with Crippen LogP contribution in [0.2, 0.25) is 0 Å². The maximum absolute atomic E-state index is 5.61. The Balaban J connectivity index is 3.52. The highest BCUT2D eigenvalue weighted by Crippen LogP contribution is 2.21. The molecule has 0 aliphatic carbocycles. The normalized spacial score (nSPS) is 8.50. The maximum Gasteiger partial charge on any atom is 0.0719 e. The van der Waals surface area contributed by atoms with Crippen molar-refractivity contribution in [1.82, 2.24) is 0 Å². The van der Waals surface area contributed by atoms with Crippen LogP contribution in [0.25, 0.3) is 0 Å². The third kappa shape index (κ3) is 1.07. The molecule has 0 fully saturated rings. The number of hydrogen-bond acceptors (Lipinski definition) is 2. The molecule has 0 atom stereocenters. The van der Waals surface area contributed by atoms with Crippen LogP contribution in [0, 0.1) is 24.7 Å². The van der Waals surface area contributed by atoms with E-state index < -0.39 is 0 Å². The zero-order chi connectivity index (χ0) is 9.14.